The summed E-state index contributed by atoms with van der Waals surface area (Å²) in [6.45, 7) is 2.06. The van der Waals surface area contributed by atoms with E-state index in [1.807, 2.05) is 45.8 Å². The van der Waals surface area contributed by atoms with Gasteiger partial charge in [0.1, 0.15) is 0 Å². The van der Waals surface area contributed by atoms with Gasteiger partial charge in [-0.1, -0.05) is 23.7 Å². The number of rotatable bonds is 5. The van der Waals surface area contributed by atoms with Crippen molar-refractivity contribution in [2.45, 2.75) is 41.9 Å². The van der Waals surface area contributed by atoms with Crippen LogP contribution in [0.4, 0.5) is 23.7 Å². The average Bonchev–Trinajstić information content (AvgIpc) is 3.39. The minimum Gasteiger partial charge on any atom is -0.316 e. The van der Waals surface area contributed by atoms with Gasteiger partial charge in [-0.05, 0) is 67.1 Å². The van der Waals surface area contributed by atoms with Crippen LogP contribution in [0.5, 0.6) is 0 Å². The second-order valence-corrected chi connectivity index (χ2v) is 11.3. The summed E-state index contributed by atoms with van der Waals surface area (Å²) in [6, 6.07) is 15.1. The number of fused-ring (bicyclic) bond motifs is 3. The molecule has 2 unspecified atom stereocenters. The Morgan fingerprint density at radius 1 is 1.05 bits per heavy atom. The van der Waals surface area contributed by atoms with E-state index in [1.165, 1.54) is 24.3 Å². The normalized spacial score (nSPS) is 19.5. The number of alkyl halides is 3. The van der Waals surface area contributed by atoms with Gasteiger partial charge in [-0.15, -0.1) is 0 Å². The summed E-state index contributed by atoms with van der Waals surface area (Å²) in [5.41, 5.74) is -1.04. The lowest BCUT2D eigenvalue weighted by Gasteiger charge is -2.41. The number of thioether (sulfide) groups is 1. The first-order valence-corrected chi connectivity index (χ1v) is 13.7. The molecule has 2 aromatic heterocycles. The molecule has 2 amide bonds. The summed E-state index contributed by atoms with van der Waals surface area (Å²) in [7, 11) is 0. The van der Waals surface area contributed by atoms with E-state index in [-0.39, 0.29) is 34.8 Å². The molecule has 0 saturated carbocycles. The summed E-state index contributed by atoms with van der Waals surface area (Å²) in [5.74, 6) is 0.623. The van der Waals surface area contributed by atoms with Crippen LogP contribution in [-0.2, 0) is 6.54 Å². The van der Waals surface area contributed by atoms with E-state index in [1.54, 1.807) is 6.20 Å². The molecule has 6 rings (SSSR count). The number of benzene rings is 2. The van der Waals surface area contributed by atoms with Crippen LogP contribution in [-0.4, -0.2) is 60.9 Å². The topological polar surface area (TPSA) is 65.8 Å². The Kier molecular flexibility index (Phi) is 6.90. The Hall–Kier alpha value is -3.28. The molecule has 12 heteroatoms. The lowest BCUT2D eigenvalue weighted by Crippen LogP contribution is -2.56. The van der Waals surface area contributed by atoms with Crippen LogP contribution in [0, 0.1) is 0 Å². The molecule has 202 valence electrons. The lowest BCUT2D eigenvalue weighted by atomic mass is 10.1. The molecule has 4 heterocycles. The molecule has 2 bridgehead atoms. The van der Waals surface area contributed by atoms with Crippen LogP contribution in [0.1, 0.15) is 18.5 Å². The van der Waals surface area contributed by atoms with Crippen LogP contribution in [0.2, 0.25) is 5.02 Å². The van der Waals surface area contributed by atoms with E-state index in [4.69, 9.17) is 16.6 Å². The summed E-state index contributed by atoms with van der Waals surface area (Å²) in [6.07, 6.45) is 5.47. The maximum atomic E-state index is 13.2. The number of carbonyl (C=O) groups excluding carboxylic acids is 1. The number of nitrogens with one attached hydrogen (secondary N) is 1. The number of carbonyl (C=O) groups is 1. The van der Waals surface area contributed by atoms with Gasteiger partial charge in [0.05, 0.1) is 11.4 Å². The molecule has 7 nitrogen and oxygen atoms in total. The number of nitrogens with zero attached hydrogens (tertiary/aromatic N) is 5. The van der Waals surface area contributed by atoms with Crippen LogP contribution in [0.15, 0.2) is 71.9 Å². The average molecular weight is 573 g/mol. The zero-order valence-corrected chi connectivity index (χ0v) is 22.2. The maximum Gasteiger partial charge on any atom is 0.446 e. The minimum atomic E-state index is -4.35. The Morgan fingerprint density at radius 2 is 1.74 bits per heavy atom. The third kappa shape index (κ3) is 5.57. The monoisotopic (exact) mass is 572 g/mol. The van der Waals surface area contributed by atoms with Crippen molar-refractivity contribution in [2.24, 2.45) is 0 Å². The molecule has 0 spiro atoms. The molecule has 1 N–H and O–H groups in total. The number of likely N-dealkylation sites (tertiary alicyclic amines) is 1. The molecular weight excluding hydrogens is 549 g/mol. The van der Waals surface area contributed by atoms with Crippen molar-refractivity contribution >= 4 is 40.9 Å². The third-order valence-corrected chi connectivity index (χ3v) is 8.12. The number of aromatic nitrogens is 3. The van der Waals surface area contributed by atoms with E-state index in [0.717, 1.165) is 29.8 Å². The van der Waals surface area contributed by atoms with Crippen molar-refractivity contribution in [3.05, 3.63) is 77.7 Å². The highest BCUT2D eigenvalue weighted by atomic mass is 35.5. The van der Waals surface area contributed by atoms with Gasteiger partial charge in [0.25, 0.3) is 0 Å². The van der Waals surface area contributed by atoms with Crippen molar-refractivity contribution < 1.29 is 18.0 Å². The summed E-state index contributed by atoms with van der Waals surface area (Å²) >= 11 is 5.93. The smallest absolute Gasteiger partial charge is 0.316 e. The largest absolute Gasteiger partial charge is 0.446 e. The molecule has 0 aliphatic carbocycles. The minimum absolute atomic E-state index is 0.0418. The molecule has 0 radical (unpaired) electrons. The molecule has 2 atom stereocenters. The Labute approximate surface area is 232 Å². The molecule has 2 aliphatic rings. The molecule has 2 saturated heterocycles. The van der Waals surface area contributed by atoms with E-state index in [0.29, 0.717) is 36.1 Å². The van der Waals surface area contributed by atoms with E-state index in [9.17, 15) is 18.0 Å². The number of halogens is 4. The first-order chi connectivity index (χ1) is 18.7. The van der Waals surface area contributed by atoms with Gasteiger partial charge < -0.3 is 10.2 Å². The van der Waals surface area contributed by atoms with Gasteiger partial charge >= 0.3 is 11.5 Å². The standard InChI is InChI=1S/C27H24ClF3N6OS/c28-18-4-2-17(3-5-18)24-23(36-13-1-12-32-25(36)34-24)16-35-14-20-8-9-21(15-35)37(20)26(38)33-19-6-10-22(11-7-19)39-27(29,30)31/h1-7,10-13,20-21H,8-9,14-16H2,(H,33,38). The van der Waals surface area contributed by atoms with Crippen LogP contribution in [0.25, 0.3) is 17.0 Å². The number of imidazole rings is 1. The van der Waals surface area contributed by atoms with Gasteiger partial charge in [-0.2, -0.15) is 13.2 Å². The van der Waals surface area contributed by atoms with Gasteiger partial charge in [0.15, 0.2) is 0 Å². The molecule has 2 fully saturated rings. The number of urea groups is 1. The number of piperazine rings is 1. The van der Waals surface area contributed by atoms with Crippen molar-refractivity contribution in [3.8, 4) is 11.3 Å². The predicted octanol–water partition coefficient (Wildman–Crippen LogP) is 6.54. The molecule has 4 aromatic rings. The SMILES string of the molecule is O=C(Nc1ccc(SC(F)(F)F)cc1)N1C2CCC1CN(Cc1c(-c3ccc(Cl)cc3)nc3ncccn13)C2. The summed E-state index contributed by atoms with van der Waals surface area (Å²) in [5, 5.41) is 3.52. The number of hydrogen-bond donors (Lipinski definition) is 1. The third-order valence-electron chi connectivity index (χ3n) is 7.13. The van der Waals surface area contributed by atoms with Crippen molar-refractivity contribution in [3.63, 3.8) is 0 Å². The second-order valence-electron chi connectivity index (χ2n) is 9.69. The van der Waals surface area contributed by atoms with E-state index in [2.05, 4.69) is 15.2 Å². The molecule has 2 aliphatic heterocycles. The molecule has 39 heavy (non-hydrogen) atoms. The Morgan fingerprint density at radius 3 is 2.41 bits per heavy atom. The molecule has 2 aromatic carbocycles. The first-order valence-electron chi connectivity index (χ1n) is 12.5. The molecular formula is C27H24ClF3N6OS. The fourth-order valence-electron chi connectivity index (χ4n) is 5.52. The van der Waals surface area contributed by atoms with Crippen LogP contribution >= 0.6 is 23.4 Å². The van der Waals surface area contributed by atoms with Crippen LogP contribution < -0.4 is 5.32 Å². The van der Waals surface area contributed by atoms with Gasteiger partial charge in [0, 0.05) is 65.3 Å². The first kappa shape index (κ1) is 26.0. The zero-order valence-electron chi connectivity index (χ0n) is 20.6. The number of amides is 2. The van der Waals surface area contributed by atoms with Crippen molar-refractivity contribution in [1.29, 1.82) is 0 Å². The van der Waals surface area contributed by atoms with Crippen molar-refractivity contribution in [1.82, 2.24) is 24.2 Å². The maximum absolute atomic E-state index is 13.2. The number of hydrogen-bond acceptors (Lipinski definition) is 5. The quantitative estimate of drug-likeness (QED) is 0.275. The highest BCUT2D eigenvalue weighted by Crippen LogP contribution is 2.37. The van der Waals surface area contributed by atoms with E-state index >= 15 is 0 Å². The van der Waals surface area contributed by atoms with Gasteiger partial charge in [-0.25, -0.2) is 14.8 Å². The lowest BCUT2D eigenvalue weighted by molar-refractivity contribution is -0.0328. The van der Waals surface area contributed by atoms with Crippen LogP contribution in [0.3, 0.4) is 0 Å². The Balaban J connectivity index is 1.16. The van der Waals surface area contributed by atoms with E-state index < -0.39 is 5.51 Å². The van der Waals surface area contributed by atoms with Crippen molar-refractivity contribution in [2.75, 3.05) is 18.4 Å². The van der Waals surface area contributed by atoms with Gasteiger partial charge in [-0.3, -0.25) is 9.30 Å². The number of anilines is 1. The predicted molar refractivity (Wildman–Crippen MR) is 145 cm³/mol. The summed E-state index contributed by atoms with van der Waals surface area (Å²) in [4.78, 5) is 26.7. The second kappa shape index (κ2) is 10.4. The zero-order chi connectivity index (χ0) is 27.1. The highest BCUT2D eigenvalue weighted by molar-refractivity contribution is 8.00. The fraction of sp³-hybridized carbons (Fsp3) is 0.296. The Bertz CT molecular complexity index is 1480. The fourth-order valence-corrected chi connectivity index (χ4v) is 6.18. The van der Waals surface area contributed by atoms with Gasteiger partial charge in [0.2, 0.25) is 5.78 Å². The highest BCUT2D eigenvalue weighted by Gasteiger charge is 2.43. The summed E-state index contributed by atoms with van der Waals surface area (Å²) < 4.78 is 39.8.